The van der Waals surface area contributed by atoms with Crippen molar-refractivity contribution in [1.29, 1.82) is 0 Å². The highest BCUT2D eigenvalue weighted by Crippen LogP contribution is 2.21. The lowest BCUT2D eigenvalue weighted by atomic mass is 10.2. The Balaban J connectivity index is 2.01. The summed E-state index contributed by atoms with van der Waals surface area (Å²) in [5.74, 6) is -0.613. The van der Waals surface area contributed by atoms with Crippen LogP contribution in [-0.2, 0) is 9.53 Å². The molecule has 19 heavy (non-hydrogen) atoms. The summed E-state index contributed by atoms with van der Waals surface area (Å²) in [6, 6.07) is 0.0139. The van der Waals surface area contributed by atoms with Crippen LogP contribution >= 0.6 is 0 Å². The average Bonchev–Trinajstić information content (AvgIpc) is 3.07. The number of likely N-dealkylation sites (N-methyl/N-ethyl adjacent to an activating group) is 1. The quantitative estimate of drug-likeness (QED) is 0.751. The zero-order chi connectivity index (χ0) is 13.8. The largest absolute Gasteiger partial charge is 0.468 e. The Labute approximate surface area is 110 Å². The third kappa shape index (κ3) is 3.08. The second-order valence-corrected chi connectivity index (χ2v) is 4.34. The van der Waals surface area contributed by atoms with Gasteiger partial charge in [-0.25, -0.2) is 0 Å². The van der Waals surface area contributed by atoms with Gasteiger partial charge in [-0.3, -0.25) is 9.59 Å². The molecule has 1 N–H and O–H groups in total. The van der Waals surface area contributed by atoms with E-state index in [4.69, 9.17) is 4.52 Å². The molecule has 0 aliphatic carbocycles. The lowest BCUT2D eigenvalue weighted by Gasteiger charge is -2.12. The van der Waals surface area contributed by atoms with Gasteiger partial charge in [0.1, 0.15) is 6.54 Å². The van der Waals surface area contributed by atoms with E-state index in [9.17, 15) is 9.59 Å². The highest BCUT2D eigenvalue weighted by molar-refractivity contribution is 5.92. The number of esters is 1. The molecule has 8 heteroatoms. The van der Waals surface area contributed by atoms with E-state index in [1.807, 2.05) is 0 Å². The first-order valence-corrected chi connectivity index (χ1v) is 6.01. The summed E-state index contributed by atoms with van der Waals surface area (Å²) >= 11 is 0. The maximum absolute atomic E-state index is 11.9. The van der Waals surface area contributed by atoms with Crippen LogP contribution in [0.3, 0.4) is 0 Å². The van der Waals surface area contributed by atoms with Gasteiger partial charge in [0.15, 0.2) is 0 Å². The zero-order valence-electron chi connectivity index (χ0n) is 10.9. The molecule has 104 valence electrons. The van der Waals surface area contributed by atoms with Crippen molar-refractivity contribution >= 4 is 11.9 Å². The number of carbonyl (C=O) groups excluding carboxylic acids is 2. The van der Waals surface area contributed by atoms with Gasteiger partial charge in [0.25, 0.3) is 11.7 Å². The summed E-state index contributed by atoms with van der Waals surface area (Å²) in [6.45, 7) is 0.749. The van der Waals surface area contributed by atoms with Gasteiger partial charge in [0, 0.05) is 7.05 Å². The Morgan fingerprint density at radius 2 is 2.37 bits per heavy atom. The third-order valence-electron chi connectivity index (χ3n) is 2.93. The molecule has 1 fully saturated rings. The highest BCUT2D eigenvalue weighted by Gasteiger charge is 2.26. The summed E-state index contributed by atoms with van der Waals surface area (Å²) < 4.78 is 9.55. The molecule has 1 atom stereocenters. The van der Waals surface area contributed by atoms with E-state index in [1.165, 1.54) is 19.1 Å². The minimum Gasteiger partial charge on any atom is -0.468 e. The van der Waals surface area contributed by atoms with Gasteiger partial charge in [-0.2, -0.15) is 4.98 Å². The lowest BCUT2D eigenvalue weighted by Crippen LogP contribution is -2.33. The summed E-state index contributed by atoms with van der Waals surface area (Å²) in [6.07, 6.45) is 1.95. The van der Waals surface area contributed by atoms with Crippen LogP contribution in [0.2, 0.25) is 0 Å². The van der Waals surface area contributed by atoms with E-state index < -0.39 is 11.9 Å². The molecule has 0 aromatic carbocycles. The van der Waals surface area contributed by atoms with Gasteiger partial charge >= 0.3 is 5.97 Å². The zero-order valence-corrected chi connectivity index (χ0v) is 10.9. The van der Waals surface area contributed by atoms with Crippen molar-refractivity contribution in [1.82, 2.24) is 20.4 Å². The van der Waals surface area contributed by atoms with Crippen LogP contribution < -0.4 is 5.32 Å². The highest BCUT2D eigenvalue weighted by atomic mass is 16.5. The third-order valence-corrected chi connectivity index (χ3v) is 2.93. The molecule has 1 saturated heterocycles. The smallest absolute Gasteiger partial charge is 0.325 e. The Kier molecular flexibility index (Phi) is 4.10. The van der Waals surface area contributed by atoms with Crippen molar-refractivity contribution in [3.05, 3.63) is 11.7 Å². The van der Waals surface area contributed by atoms with Crippen LogP contribution in [0.25, 0.3) is 0 Å². The molecule has 0 radical (unpaired) electrons. The summed E-state index contributed by atoms with van der Waals surface area (Å²) in [5.41, 5.74) is 0. The van der Waals surface area contributed by atoms with Crippen LogP contribution in [0, 0.1) is 0 Å². The molecular formula is C11H16N4O4. The number of hydrogen-bond donors (Lipinski definition) is 1. The molecule has 2 heterocycles. The van der Waals surface area contributed by atoms with E-state index in [2.05, 4.69) is 20.2 Å². The maximum Gasteiger partial charge on any atom is 0.325 e. The molecule has 0 saturated carbocycles. The predicted octanol–water partition coefficient (Wildman–Crippen LogP) is -0.261. The summed E-state index contributed by atoms with van der Waals surface area (Å²) in [5, 5.41) is 6.85. The first-order valence-electron chi connectivity index (χ1n) is 6.01. The number of ether oxygens (including phenoxy) is 1. The number of nitrogens with zero attached hydrogens (tertiary/aromatic N) is 3. The Hall–Kier alpha value is -1.96. The van der Waals surface area contributed by atoms with E-state index in [0.29, 0.717) is 5.89 Å². The summed E-state index contributed by atoms with van der Waals surface area (Å²) in [4.78, 5) is 28.3. The van der Waals surface area contributed by atoms with E-state index >= 15 is 0 Å². The minimum atomic E-state index is -0.503. The van der Waals surface area contributed by atoms with Crippen molar-refractivity contribution < 1.29 is 18.8 Å². The number of nitrogens with one attached hydrogen (secondary N) is 1. The van der Waals surface area contributed by atoms with Crippen molar-refractivity contribution in [3.63, 3.8) is 0 Å². The molecule has 0 spiro atoms. The molecule has 2 rings (SSSR count). The molecule has 1 amide bonds. The molecule has 8 nitrogen and oxygen atoms in total. The monoisotopic (exact) mass is 268 g/mol. The van der Waals surface area contributed by atoms with Crippen molar-refractivity contribution in [2.24, 2.45) is 0 Å². The second kappa shape index (κ2) is 5.79. The Bertz CT molecular complexity index is 467. The molecule has 1 aliphatic rings. The van der Waals surface area contributed by atoms with E-state index in [-0.39, 0.29) is 18.4 Å². The molecule has 1 unspecified atom stereocenters. The van der Waals surface area contributed by atoms with Gasteiger partial charge in [0.05, 0.1) is 13.2 Å². The number of carbonyl (C=O) groups is 2. The van der Waals surface area contributed by atoms with Crippen molar-refractivity contribution in [3.8, 4) is 0 Å². The van der Waals surface area contributed by atoms with Crippen LogP contribution in [0.15, 0.2) is 4.52 Å². The maximum atomic E-state index is 11.9. The van der Waals surface area contributed by atoms with Crippen LogP contribution in [-0.4, -0.2) is 54.2 Å². The summed E-state index contributed by atoms with van der Waals surface area (Å²) in [7, 11) is 2.74. The number of hydrogen-bond acceptors (Lipinski definition) is 7. The first kappa shape index (κ1) is 13.5. The first-order chi connectivity index (χ1) is 9.11. The van der Waals surface area contributed by atoms with Gasteiger partial charge in [0.2, 0.25) is 5.89 Å². The van der Waals surface area contributed by atoms with Crippen molar-refractivity contribution in [2.75, 3.05) is 27.2 Å². The van der Waals surface area contributed by atoms with Gasteiger partial charge in [-0.05, 0) is 19.4 Å². The Morgan fingerprint density at radius 1 is 1.58 bits per heavy atom. The van der Waals surface area contributed by atoms with Crippen LogP contribution in [0.5, 0.6) is 0 Å². The molecule has 0 bridgehead atoms. The van der Waals surface area contributed by atoms with Gasteiger partial charge in [-0.1, -0.05) is 5.16 Å². The number of methoxy groups -OCH3 is 1. The number of aromatic nitrogens is 2. The SMILES string of the molecule is COC(=O)CN(C)C(=O)c1noc(C2CCCN2)n1. The average molecular weight is 268 g/mol. The fourth-order valence-electron chi connectivity index (χ4n) is 1.86. The minimum absolute atomic E-state index is 0.0139. The van der Waals surface area contributed by atoms with E-state index in [0.717, 1.165) is 19.4 Å². The fraction of sp³-hybridized carbons (Fsp3) is 0.636. The fourth-order valence-corrected chi connectivity index (χ4v) is 1.86. The molecule has 1 aromatic heterocycles. The van der Waals surface area contributed by atoms with E-state index in [1.54, 1.807) is 0 Å². The predicted molar refractivity (Wildman–Crippen MR) is 63.3 cm³/mol. The normalized spacial score (nSPS) is 18.3. The van der Waals surface area contributed by atoms with Crippen molar-refractivity contribution in [2.45, 2.75) is 18.9 Å². The molecule has 1 aromatic rings. The van der Waals surface area contributed by atoms with Crippen LogP contribution in [0.4, 0.5) is 0 Å². The lowest BCUT2D eigenvalue weighted by molar-refractivity contribution is -0.141. The Morgan fingerprint density at radius 3 is 3.00 bits per heavy atom. The number of rotatable bonds is 4. The van der Waals surface area contributed by atoms with Gasteiger partial charge < -0.3 is 19.5 Å². The van der Waals surface area contributed by atoms with Crippen LogP contribution in [0.1, 0.15) is 35.4 Å². The number of amides is 1. The standard InChI is InChI=1S/C11H16N4O4/c1-15(6-8(16)18-2)11(17)9-13-10(19-14-9)7-4-3-5-12-7/h7,12H,3-6H2,1-2H3. The molecule has 1 aliphatic heterocycles. The topological polar surface area (TPSA) is 97.6 Å². The second-order valence-electron chi connectivity index (χ2n) is 4.34. The molecular weight excluding hydrogens is 252 g/mol. The van der Waals surface area contributed by atoms with Gasteiger partial charge in [-0.15, -0.1) is 0 Å².